The number of rotatable bonds is 8. The average Bonchev–Trinajstić information content (AvgIpc) is 2.34. The van der Waals surface area contributed by atoms with E-state index in [-0.39, 0.29) is 17.3 Å². The number of ether oxygens (including phenoxy) is 1. The molecule has 0 saturated heterocycles. The van der Waals surface area contributed by atoms with E-state index in [0.29, 0.717) is 25.3 Å². The first-order valence-corrected chi connectivity index (χ1v) is 6.58. The molecule has 0 heterocycles. The number of hydrogen-bond donors (Lipinski definition) is 2. The summed E-state index contributed by atoms with van der Waals surface area (Å²) in [6, 6.07) is 2.62. The number of halogens is 2. The molecule has 0 spiro atoms. The topological polar surface area (TPSA) is 41.5 Å². The SMILES string of the molecule is COCCNCc1cc(F)c(SCCO)c(F)c1. The fourth-order valence-electron chi connectivity index (χ4n) is 1.41. The van der Waals surface area contributed by atoms with Crippen LogP contribution in [0.4, 0.5) is 8.78 Å². The molecule has 18 heavy (non-hydrogen) atoms. The lowest BCUT2D eigenvalue weighted by Crippen LogP contribution is -2.18. The van der Waals surface area contributed by atoms with Crippen molar-refractivity contribution in [1.29, 1.82) is 0 Å². The Morgan fingerprint density at radius 3 is 2.56 bits per heavy atom. The minimum Gasteiger partial charge on any atom is -0.396 e. The number of aliphatic hydroxyl groups excluding tert-OH is 1. The summed E-state index contributed by atoms with van der Waals surface area (Å²) in [5.74, 6) is -0.895. The van der Waals surface area contributed by atoms with Gasteiger partial charge in [0.25, 0.3) is 0 Å². The maximum absolute atomic E-state index is 13.6. The highest BCUT2D eigenvalue weighted by Gasteiger charge is 2.11. The van der Waals surface area contributed by atoms with Gasteiger partial charge in [-0.05, 0) is 17.7 Å². The fraction of sp³-hybridized carbons (Fsp3) is 0.500. The van der Waals surface area contributed by atoms with Crippen LogP contribution in [-0.4, -0.2) is 37.7 Å². The third-order valence-corrected chi connectivity index (χ3v) is 3.27. The summed E-state index contributed by atoms with van der Waals surface area (Å²) < 4.78 is 32.1. The summed E-state index contributed by atoms with van der Waals surface area (Å²) in [6.07, 6.45) is 0. The van der Waals surface area contributed by atoms with Crippen LogP contribution in [0.25, 0.3) is 0 Å². The first kappa shape index (κ1) is 15.4. The zero-order valence-corrected chi connectivity index (χ0v) is 11.0. The number of aliphatic hydroxyl groups is 1. The number of benzene rings is 1. The predicted molar refractivity (Wildman–Crippen MR) is 67.8 cm³/mol. The summed E-state index contributed by atoms with van der Waals surface area (Å²) in [6.45, 7) is 1.46. The molecule has 0 aromatic heterocycles. The molecule has 0 bridgehead atoms. The Hall–Kier alpha value is -0.690. The molecule has 3 nitrogen and oxygen atoms in total. The van der Waals surface area contributed by atoms with Crippen molar-refractivity contribution in [2.45, 2.75) is 11.4 Å². The molecule has 0 unspecified atom stereocenters. The van der Waals surface area contributed by atoms with E-state index in [1.807, 2.05) is 0 Å². The van der Waals surface area contributed by atoms with Crippen LogP contribution in [0.1, 0.15) is 5.56 Å². The summed E-state index contributed by atoms with van der Waals surface area (Å²) in [4.78, 5) is -0.0373. The molecule has 1 aromatic carbocycles. The Bertz CT molecular complexity index is 354. The molecule has 0 fully saturated rings. The van der Waals surface area contributed by atoms with Crippen LogP contribution >= 0.6 is 11.8 Å². The quantitative estimate of drug-likeness (QED) is 0.561. The van der Waals surface area contributed by atoms with Gasteiger partial charge < -0.3 is 15.2 Å². The van der Waals surface area contributed by atoms with Crippen molar-refractivity contribution in [3.8, 4) is 0 Å². The summed E-state index contributed by atoms with van der Waals surface area (Å²) in [5.41, 5.74) is 0.550. The first-order valence-electron chi connectivity index (χ1n) is 5.60. The highest BCUT2D eigenvalue weighted by molar-refractivity contribution is 7.99. The predicted octanol–water partition coefficient (Wildman–Crippen LogP) is 1.79. The van der Waals surface area contributed by atoms with Crippen LogP contribution in [0.2, 0.25) is 0 Å². The molecule has 6 heteroatoms. The van der Waals surface area contributed by atoms with Crippen LogP contribution < -0.4 is 5.32 Å². The molecule has 0 aliphatic rings. The molecule has 1 rings (SSSR count). The minimum absolute atomic E-state index is 0.0373. The molecule has 1 aromatic rings. The van der Waals surface area contributed by atoms with Crippen molar-refractivity contribution in [2.24, 2.45) is 0 Å². The zero-order valence-electron chi connectivity index (χ0n) is 10.2. The van der Waals surface area contributed by atoms with Crippen LogP contribution in [-0.2, 0) is 11.3 Å². The highest BCUT2D eigenvalue weighted by Crippen LogP contribution is 2.26. The van der Waals surface area contributed by atoms with E-state index in [4.69, 9.17) is 9.84 Å². The Morgan fingerprint density at radius 1 is 1.33 bits per heavy atom. The lowest BCUT2D eigenvalue weighted by atomic mass is 10.2. The van der Waals surface area contributed by atoms with Gasteiger partial charge in [-0.3, -0.25) is 0 Å². The van der Waals surface area contributed by atoms with Crippen LogP contribution in [0, 0.1) is 11.6 Å². The van der Waals surface area contributed by atoms with Crippen molar-refractivity contribution < 1.29 is 18.6 Å². The Morgan fingerprint density at radius 2 is 2.00 bits per heavy atom. The zero-order chi connectivity index (χ0) is 13.4. The third kappa shape index (κ3) is 4.89. The molecule has 0 aliphatic carbocycles. The standard InChI is InChI=1S/C12H17F2NO2S/c1-17-4-2-15-8-9-6-10(13)12(11(14)7-9)18-5-3-16/h6-7,15-16H,2-5,8H2,1H3. The van der Waals surface area contributed by atoms with Gasteiger partial charge in [-0.2, -0.15) is 0 Å². The van der Waals surface area contributed by atoms with E-state index >= 15 is 0 Å². The van der Waals surface area contributed by atoms with Crippen molar-refractivity contribution in [1.82, 2.24) is 5.32 Å². The molecule has 102 valence electrons. The van der Waals surface area contributed by atoms with Gasteiger partial charge >= 0.3 is 0 Å². The van der Waals surface area contributed by atoms with E-state index < -0.39 is 11.6 Å². The normalized spacial score (nSPS) is 10.9. The minimum atomic E-state index is -0.586. The third-order valence-electron chi connectivity index (χ3n) is 2.21. The van der Waals surface area contributed by atoms with Crippen LogP contribution in [0.5, 0.6) is 0 Å². The number of nitrogens with one attached hydrogen (secondary N) is 1. The lowest BCUT2D eigenvalue weighted by Gasteiger charge is -2.08. The lowest BCUT2D eigenvalue weighted by molar-refractivity contribution is 0.199. The van der Waals surface area contributed by atoms with Gasteiger partial charge in [0.2, 0.25) is 0 Å². The Balaban J connectivity index is 2.61. The van der Waals surface area contributed by atoms with Crippen molar-refractivity contribution >= 4 is 11.8 Å². The number of thioether (sulfide) groups is 1. The summed E-state index contributed by atoms with van der Waals surface area (Å²) in [5, 5.41) is 11.7. The number of methoxy groups -OCH3 is 1. The van der Waals surface area contributed by atoms with Crippen molar-refractivity contribution in [2.75, 3.05) is 32.6 Å². The second-order valence-electron chi connectivity index (χ2n) is 3.63. The van der Waals surface area contributed by atoms with Gasteiger partial charge in [-0.1, -0.05) is 0 Å². The van der Waals surface area contributed by atoms with E-state index in [2.05, 4.69) is 5.32 Å². The van der Waals surface area contributed by atoms with E-state index in [1.54, 1.807) is 7.11 Å². The van der Waals surface area contributed by atoms with E-state index in [9.17, 15) is 8.78 Å². The van der Waals surface area contributed by atoms with Gasteiger partial charge in [0, 0.05) is 26.0 Å². The molecular weight excluding hydrogens is 260 g/mol. The van der Waals surface area contributed by atoms with Crippen LogP contribution in [0.15, 0.2) is 17.0 Å². The van der Waals surface area contributed by atoms with Crippen molar-refractivity contribution in [3.05, 3.63) is 29.3 Å². The average molecular weight is 277 g/mol. The van der Waals surface area contributed by atoms with Gasteiger partial charge in [-0.15, -0.1) is 11.8 Å². The Labute approximate surface area is 110 Å². The molecular formula is C12H17F2NO2S. The largest absolute Gasteiger partial charge is 0.396 e. The second kappa shape index (κ2) is 8.42. The Kier molecular flexibility index (Phi) is 7.19. The number of hydrogen-bond acceptors (Lipinski definition) is 4. The smallest absolute Gasteiger partial charge is 0.140 e. The maximum Gasteiger partial charge on any atom is 0.140 e. The second-order valence-corrected chi connectivity index (χ2v) is 4.74. The van der Waals surface area contributed by atoms with Crippen molar-refractivity contribution in [3.63, 3.8) is 0 Å². The van der Waals surface area contributed by atoms with Gasteiger partial charge in [0.15, 0.2) is 0 Å². The molecule has 0 saturated carbocycles. The van der Waals surface area contributed by atoms with Gasteiger partial charge in [-0.25, -0.2) is 8.78 Å². The van der Waals surface area contributed by atoms with Gasteiger partial charge in [0.1, 0.15) is 11.6 Å². The van der Waals surface area contributed by atoms with E-state index in [0.717, 1.165) is 11.8 Å². The molecule has 2 N–H and O–H groups in total. The molecule has 0 radical (unpaired) electrons. The first-order chi connectivity index (χ1) is 8.69. The molecule has 0 amide bonds. The van der Waals surface area contributed by atoms with Crippen LogP contribution in [0.3, 0.4) is 0 Å². The molecule has 0 aliphatic heterocycles. The monoisotopic (exact) mass is 277 g/mol. The molecule has 0 atom stereocenters. The highest BCUT2D eigenvalue weighted by atomic mass is 32.2. The van der Waals surface area contributed by atoms with E-state index in [1.165, 1.54) is 12.1 Å². The fourth-order valence-corrected chi connectivity index (χ4v) is 2.10. The maximum atomic E-state index is 13.6. The summed E-state index contributed by atoms with van der Waals surface area (Å²) >= 11 is 0.974. The van der Waals surface area contributed by atoms with Gasteiger partial charge in [0.05, 0.1) is 18.1 Å². The summed E-state index contributed by atoms with van der Waals surface area (Å²) in [7, 11) is 1.59.